The molecule has 0 aromatic rings. The lowest BCUT2D eigenvalue weighted by Crippen LogP contribution is -2.33. The SMILES string of the molecule is C[C@H]1C[C@H](F)[C@@H](N)[C@@H]1Br. The van der Waals surface area contributed by atoms with Gasteiger partial charge in [0.15, 0.2) is 0 Å². The van der Waals surface area contributed by atoms with Crippen LogP contribution in [0, 0.1) is 5.92 Å². The van der Waals surface area contributed by atoms with E-state index in [1.165, 1.54) is 0 Å². The van der Waals surface area contributed by atoms with Gasteiger partial charge in [-0.1, -0.05) is 22.9 Å². The molecular weight excluding hydrogens is 185 g/mol. The van der Waals surface area contributed by atoms with Crippen LogP contribution in [0.3, 0.4) is 0 Å². The minimum Gasteiger partial charge on any atom is -0.324 e. The predicted molar refractivity (Wildman–Crippen MR) is 39.4 cm³/mol. The second-order valence-corrected chi connectivity index (χ2v) is 3.81. The summed E-state index contributed by atoms with van der Waals surface area (Å²) >= 11 is 3.34. The molecule has 0 radical (unpaired) electrons. The zero-order valence-corrected chi connectivity index (χ0v) is 6.94. The Bertz CT molecular complexity index is 97.2. The van der Waals surface area contributed by atoms with Gasteiger partial charge < -0.3 is 5.73 Å². The van der Waals surface area contributed by atoms with Crippen LogP contribution < -0.4 is 5.73 Å². The number of hydrogen-bond donors (Lipinski definition) is 1. The van der Waals surface area contributed by atoms with E-state index in [0.717, 1.165) is 0 Å². The molecule has 9 heavy (non-hydrogen) atoms. The highest BCUT2D eigenvalue weighted by atomic mass is 79.9. The number of rotatable bonds is 0. The maximum Gasteiger partial charge on any atom is 0.117 e. The maximum absolute atomic E-state index is 12.7. The molecule has 1 saturated carbocycles. The van der Waals surface area contributed by atoms with Gasteiger partial charge in [0.2, 0.25) is 0 Å². The van der Waals surface area contributed by atoms with E-state index in [2.05, 4.69) is 15.9 Å². The van der Waals surface area contributed by atoms with Crippen molar-refractivity contribution in [3.05, 3.63) is 0 Å². The van der Waals surface area contributed by atoms with Crippen LogP contribution in [0.5, 0.6) is 0 Å². The van der Waals surface area contributed by atoms with Gasteiger partial charge in [-0.3, -0.25) is 0 Å². The van der Waals surface area contributed by atoms with Crippen molar-refractivity contribution in [3.63, 3.8) is 0 Å². The van der Waals surface area contributed by atoms with Crippen LogP contribution in [-0.4, -0.2) is 17.0 Å². The summed E-state index contributed by atoms with van der Waals surface area (Å²) in [6.45, 7) is 2.01. The standard InChI is InChI=1S/C6H11BrFN/c1-3-2-4(8)6(9)5(3)7/h3-6H,2,9H2,1H3/t3-,4-,5+,6+/m0/s1. The molecule has 3 heteroatoms. The molecule has 0 aliphatic heterocycles. The van der Waals surface area contributed by atoms with Gasteiger partial charge in [0.25, 0.3) is 0 Å². The number of halogens is 2. The molecule has 1 aliphatic carbocycles. The van der Waals surface area contributed by atoms with Crippen LogP contribution in [0.4, 0.5) is 4.39 Å². The second-order valence-electron chi connectivity index (χ2n) is 2.75. The monoisotopic (exact) mass is 195 g/mol. The molecular formula is C6H11BrFN. The van der Waals surface area contributed by atoms with Crippen LogP contribution in [0.15, 0.2) is 0 Å². The first-order chi connectivity index (χ1) is 4.13. The van der Waals surface area contributed by atoms with Crippen molar-refractivity contribution in [1.29, 1.82) is 0 Å². The predicted octanol–water partition coefficient (Wildman–Crippen LogP) is 1.46. The Morgan fingerprint density at radius 2 is 2.22 bits per heavy atom. The number of alkyl halides is 2. The molecule has 0 aromatic heterocycles. The third-order valence-corrected chi connectivity index (χ3v) is 3.44. The molecule has 0 aromatic carbocycles. The normalized spacial score (nSPS) is 52.0. The average molecular weight is 196 g/mol. The highest BCUT2D eigenvalue weighted by Gasteiger charge is 2.37. The van der Waals surface area contributed by atoms with Crippen LogP contribution in [0.2, 0.25) is 0 Å². The molecule has 0 saturated heterocycles. The Kier molecular flexibility index (Phi) is 2.11. The lowest BCUT2D eigenvalue weighted by Gasteiger charge is -2.10. The van der Waals surface area contributed by atoms with Gasteiger partial charge in [0.05, 0.1) is 0 Å². The summed E-state index contributed by atoms with van der Waals surface area (Å²) in [6.07, 6.45) is -0.193. The largest absolute Gasteiger partial charge is 0.324 e. The van der Waals surface area contributed by atoms with Gasteiger partial charge in [-0.05, 0) is 12.3 Å². The van der Waals surface area contributed by atoms with Crippen LogP contribution >= 0.6 is 15.9 Å². The molecule has 1 aliphatic rings. The first kappa shape index (κ1) is 7.48. The molecule has 0 bridgehead atoms. The van der Waals surface area contributed by atoms with Crippen molar-refractivity contribution in [1.82, 2.24) is 0 Å². The van der Waals surface area contributed by atoms with Crippen molar-refractivity contribution < 1.29 is 4.39 Å². The van der Waals surface area contributed by atoms with E-state index in [9.17, 15) is 4.39 Å². The van der Waals surface area contributed by atoms with E-state index in [1.807, 2.05) is 6.92 Å². The lowest BCUT2D eigenvalue weighted by molar-refractivity contribution is 0.309. The summed E-state index contributed by atoms with van der Waals surface area (Å²) in [4.78, 5) is 0.174. The highest BCUT2D eigenvalue weighted by molar-refractivity contribution is 9.09. The third kappa shape index (κ3) is 1.27. The summed E-state index contributed by atoms with van der Waals surface area (Å²) in [5, 5.41) is 0. The molecule has 2 N–H and O–H groups in total. The fourth-order valence-electron chi connectivity index (χ4n) is 1.22. The van der Waals surface area contributed by atoms with Gasteiger partial charge in [-0.25, -0.2) is 4.39 Å². The molecule has 0 unspecified atom stereocenters. The number of hydrogen-bond acceptors (Lipinski definition) is 1. The fraction of sp³-hybridized carbons (Fsp3) is 1.00. The van der Waals surface area contributed by atoms with Gasteiger partial charge in [0.1, 0.15) is 6.17 Å². The van der Waals surface area contributed by atoms with E-state index in [1.54, 1.807) is 0 Å². The Morgan fingerprint density at radius 1 is 1.67 bits per heavy atom. The minimum absolute atomic E-state index is 0.174. The van der Waals surface area contributed by atoms with Crippen molar-refractivity contribution in [3.8, 4) is 0 Å². The molecule has 4 atom stereocenters. The topological polar surface area (TPSA) is 26.0 Å². The Hall–Kier alpha value is 0.370. The average Bonchev–Trinajstić information content (AvgIpc) is 1.98. The van der Waals surface area contributed by atoms with E-state index in [0.29, 0.717) is 12.3 Å². The molecule has 54 valence electrons. The van der Waals surface area contributed by atoms with Crippen molar-refractivity contribution in [2.45, 2.75) is 30.4 Å². The van der Waals surface area contributed by atoms with Crippen LogP contribution in [-0.2, 0) is 0 Å². The summed E-state index contributed by atoms with van der Waals surface area (Å²) < 4.78 is 12.7. The van der Waals surface area contributed by atoms with Crippen molar-refractivity contribution in [2.24, 2.45) is 11.7 Å². The minimum atomic E-state index is -0.802. The molecule has 1 nitrogen and oxygen atoms in total. The summed E-state index contributed by atoms with van der Waals surface area (Å²) in [5.41, 5.74) is 5.49. The molecule has 1 fully saturated rings. The van der Waals surface area contributed by atoms with Crippen LogP contribution in [0.25, 0.3) is 0 Å². The van der Waals surface area contributed by atoms with Crippen molar-refractivity contribution in [2.75, 3.05) is 0 Å². The van der Waals surface area contributed by atoms with Gasteiger partial charge in [-0.2, -0.15) is 0 Å². The fourth-order valence-corrected chi connectivity index (χ4v) is 1.77. The van der Waals surface area contributed by atoms with E-state index in [4.69, 9.17) is 5.73 Å². The zero-order chi connectivity index (χ0) is 7.02. The van der Waals surface area contributed by atoms with Gasteiger partial charge in [-0.15, -0.1) is 0 Å². The van der Waals surface area contributed by atoms with Crippen LogP contribution in [0.1, 0.15) is 13.3 Å². The smallest absolute Gasteiger partial charge is 0.117 e. The highest BCUT2D eigenvalue weighted by Crippen LogP contribution is 2.32. The molecule has 0 amide bonds. The first-order valence-corrected chi connectivity index (χ1v) is 4.08. The zero-order valence-electron chi connectivity index (χ0n) is 5.35. The Labute approximate surface area is 62.9 Å². The molecule has 0 heterocycles. The van der Waals surface area contributed by atoms with Gasteiger partial charge >= 0.3 is 0 Å². The number of nitrogens with two attached hydrogens (primary N) is 1. The second kappa shape index (κ2) is 2.54. The lowest BCUT2D eigenvalue weighted by atomic mass is 10.1. The Morgan fingerprint density at radius 3 is 2.33 bits per heavy atom. The molecule has 1 rings (SSSR count). The summed E-state index contributed by atoms with van der Waals surface area (Å²) in [6, 6.07) is -0.292. The van der Waals surface area contributed by atoms with Gasteiger partial charge in [0, 0.05) is 10.9 Å². The summed E-state index contributed by atoms with van der Waals surface area (Å²) in [7, 11) is 0. The van der Waals surface area contributed by atoms with Crippen molar-refractivity contribution >= 4 is 15.9 Å². The van der Waals surface area contributed by atoms with E-state index < -0.39 is 6.17 Å². The summed E-state index contributed by atoms with van der Waals surface area (Å²) in [5.74, 6) is 0.384. The Balaban J connectivity index is 2.54. The first-order valence-electron chi connectivity index (χ1n) is 3.16. The maximum atomic E-state index is 12.7. The van der Waals surface area contributed by atoms with E-state index in [-0.39, 0.29) is 10.9 Å². The third-order valence-electron chi connectivity index (χ3n) is 1.93. The molecule has 0 spiro atoms. The quantitative estimate of drug-likeness (QED) is 0.583. The van der Waals surface area contributed by atoms with E-state index >= 15 is 0 Å².